The fraction of sp³-hybridized carbons (Fsp3) is 0.167. The van der Waals surface area contributed by atoms with E-state index < -0.39 is 22.6 Å². The normalized spacial score (nSPS) is 17.2. The Balaban J connectivity index is 1.03. The number of furan rings is 1. The molecule has 8 heteroatoms. The van der Waals surface area contributed by atoms with Crippen molar-refractivity contribution in [3.05, 3.63) is 290 Å². The molecule has 3 aliphatic carbocycles. The molecular weight excluding hydrogens is 996 g/mol. The molecular formula is C72H52F3N3O2. The minimum Gasteiger partial charge on any atom is -0.458 e. The number of hydrogen-bond donors (Lipinski definition) is 0. The minimum absolute atomic E-state index is 0.179. The van der Waals surface area contributed by atoms with Gasteiger partial charge in [-0.1, -0.05) is 153 Å². The van der Waals surface area contributed by atoms with E-state index in [2.05, 4.69) is 160 Å². The summed E-state index contributed by atoms with van der Waals surface area (Å²) in [4.78, 5) is 2.27. The molecule has 1 aromatic heterocycles. The maximum absolute atomic E-state index is 14.7. The van der Waals surface area contributed by atoms with E-state index in [9.17, 15) is 23.7 Å². The lowest BCUT2D eigenvalue weighted by Gasteiger charge is -2.46. The first-order valence-corrected chi connectivity index (χ1v) is 27.2. The van der Waals surface area contributed by atoms with Crippen molar-refractivity contribution in [3.8, 4) is 29.0 Å². The first kappa shape index (κ1) is 49.0. The van der Waals surface area contributed by atoms with Gasteiger partial charge in [0.05, 0.1) is 45.4 Å². The van der Waals surface area contributed by atoms with Gasteiger partial charge >= 0.3 is 6.18 Å². The number of hydrogen-bond acceptors (Lipinski definition) is 5. The number of alkyl halides is 3. The van der Waals surface area contributed by atoms with Gasteiger partial charge in [0.15, 0.2) is 0 Å². The van der Waals surface area contributed by atoms with Crippen LogP contribution in [0.1, 0.15) is 117 Å². The summed E-state index contributed by atoms with van der Waals surface area (Å²) in [6, 6.07) is 67.7. The Labute approximate surface area is 462 Å². The molecule has 0 saturated heterocycles. The topological polar surface area (TPSA) is 73.2 Å². The number of para-hydroxylation sites is 3. The number of ether oxygens (including phenoxy) is 1. The van der Waals surface area contributed by atoms with Crippen LogP contribution in [-0.2, 0) is 28.8 Å². The maximum atomic E-state index is 14.7. The average Bonchev–Trinajstić information content (AvgIpc) is 4.24. The van der Waals surface area contributed by atoms with Crippen LogP contribution >= 0.6 is 0 Å². The van der Waals surface area contributed by atoms with Gasteiger partial charge in [-0.05, 0) is 155 Å². The lowest BCUT2D eigenvalue weighted by atomic mass is 9.55. The number of nitriles is 2. The monoisotopic (exact) mass is 1050 g/mol. The molecule has 5 nitrogen and oxygen atoms in total. The first-order valence-electron chi connectivity index (χ1n) is 27.2. The van der Waals surface area contributed by atoms with Gasteiger partial charge in [-0.2, -0.15) is 23.7 Å². The number of halogens is 3. The molecule has 0 N–H and O–H groups in total. The molecule has 0 bridgehead atoms. The Morgan fingerprint density at radius 1 is 0.600 bits per heavy atom. The number of allylic oxidation sites excluding steroid dienone is 3. The van der Waals surface area contributed by atoms with Crippen molar-refractivity contribution in [2.75, 3.05) is 4.90 Å². The van der Waals surface area contributed by atoms with Gasteiger partial charge in [-0.3, -0.25) is 0 Å². The fourth-order valence-corrected chi connectivity index (χ4v) is 14.0. The highest BCUT2D eigenvalue weighted by atomic mass is 19.4. The summed E-state index contributed by atoms with van der Waals surface area (Å²) in [5.41, 5.74) is 16.0. The molecule has 80 heavy (non-hydrogen) atoms. The Morgan fingerprint density at radius 3 is 1.86 bits per heavy atom. The highest BCUT2D eigenvalue weighted by molar-refractivity contribution is 6.07. The Bertz CT molecular complexity index is 4340. The molecule has 10 aromatic rings. The first-order chi connectivity index (χ1) is 38.7. The van der Waals surface area contributed by atoms with Crippen LogP contribution in [0, 0.1) is 29.6 Å². The predicted molar refractivity (Wildman–Crippen MR) is 309 cm³/mol. The van der Waals surface area contributed by atoms with Gasteiger partial charge in [0.2, 0.25) is 0 Å². The van der Waals surface area contributed by atoms with E-state index in [-0.39, 0.29) is 16.9 Å². The van der Waals surface area contributed by atoms with Crippen molar-refractivity contribution >= 4 is 33.3 Å². The van der Waals surface area contributed by atoms with Crippen LogP contribution in [0.5, 0.6) is 5.75 Å². The molecule has 2 unspecified atom stereocenters. The van der Waals surface area contributed by atoms with Crippen molar-refractivity contribution in [1.29, 1.82) is 10.5 Å². The van der Waals surface area contributed by atoms with Gasteiger partial charge in [0.25, 0.3) is 0 Å². The second-order valence-corrected chi connectivity index (χ2v) is 22.6. The van der Waals surface area contributed by atoms with E-state index in [4.69, 9.17) is 9.15 Å². The largest absolute Gasteiger partial charge is 0.458 e. The van der Waals surface area contributed by atoms with E-state index in [0.717, 1.165) is 91.1 Å². The summed E-state index contributed by atoms with van der Waals surface area (Å²) < 4.78 is 57.7. The van der Waals surface area contributed by atoms with Crippen LogP contribution in [0.15, 0.2) is 216 Å². The van der Waals surface area contributed by atoms with Crippen LogP contribution < -0.4 is 9.64 Å². The van der Waals surface area contributed by atoms with Gasteiger partial charge in [-0.25, -0.2) is 0 Å². The lowest BCUT2D eigenvalue weighted by molar-refractivity contribution is -0.136. The third-order valence-electron chi connectivity index (χ3n) is 17.9. The second-order valence-electron chi connectivity index (χ2n) is 22.6. The lowest BCUT2D eigenvalue weighted by Crippen LogP contribution is -2.40. The SMILES string of the molecule is Cc1cccc2c1OC1=C(N(c3ccc(C#N)cc3)c3ccc4c(c3)-c3cc(C(CCc5ccc(C#N)cc5)c5cccc6c5oc5c(C(F)(F)F)cccc56)ccc3C43c4ccccc4C(C)(C)c4ccccc43)C=CCC12C. The molecule has 4 aliphatic rings. The zero-order valence-corrected chi connectivity index (χ0v) is 44.5. The van der Waals surface area contributed by atoms with Crippen molar-refractivity contribution in [3.63, 3.8) is 0 Å². The molecule has 0 radical (unpaired) electrons. The number of anilines is 2. The zero-order chi connectivity index (χ0) is 54.9. The molecule has 14 rings (SSSR count). The van der Waals surface area contributed by atoms with E-state index in [1.807, 2.05) is 66.7 Å². The van der Waals surface area contributed by atoms with E-state index in [1.54, 1.807) is 6.07 Å². The summed E-state index contributed by atoms with van der Waals surface area (Å²) in [6.45, 7) is 8.98. The Hall–Kier alpha value is -9.37. The Kier molecular flexibility index (Phi) is 10.9. The number of benzene rings is 9. The van der Waals surface area contributed by atoms with Crippen molar-refractivity contribution in [1.82, 2.24) is 0 Å². The number of aryl methyl sites for hydroxylation is 2. The maximum Gasteiger partial charge on any atom is 0.420 e. The molecule has 2 heterocycles. The number of nitrogens with zero attached hydrogens (tertiary/aromatic N) is 3. The molecule has 388 valence electrons. The van der Waals surface area contributed by atoms with Gasteiger partial charge in [-0.15, -0.1) is 0 Å². The Morgan fingerprint density at radius 2 is 1.19 bits per heavy atom. The van der Waals surface area contributed by atoms with E-state index >= 15 is 0 Å². The van der Waals surface area contributed by atoms with Gasteiger partial charge in [0, 0.05) is 44.6 Å². The average molecular weight is 1050 g/mol. The number of fused-ring (bicyclic) bond motifs is 15. The summed E-state index contributed by atoms with van der Waals surface area (Å²) >= 11 is 0. The summed E-state index contributed by atoms with van der Waals surface area (Å²) in [5, 5.41) is 20.7. The fourth-order valence-electron chi connectivity index (χ4n) is 14.0. The standard InChI is InChI=1S/C72H52F3N3O2/c1-43-13-9-21-62-65(43)80-68-64(23-12-38-70(62,68)4)78(48-32-28-46(42-77)29-33-48)49-34-37-57-55(40-49)54-39-47(31-36-56(54)71(57)60-19-7-5-17-58(60)69(2,3)59-18-6-8-20-61(59)71)50(35-30-44-24-26-45(41-76)27-25-44)51-14-10-15-52-53-16-11-22-63(72(73,74)75)67(53)79-66(51)52/h5-29,31-34,36-37,39-40,50H,30,35,38H2,1-4H3. The quantitative estimate of drug-likeness (QED) is 0.152. The van der Waals surface area contributed by atoms with Crippen molar-refractivity contribution in [2.24, 2.45) is 0 Å². The molecule has 0 fully saturated rings. The predicted octanol–water partition coefficient (Wildman–Crippen LogP) is 18.1. The number of rotatable bonds is 8. The second kappa shape index (κ2) is 17.8. The zero-order valence-electron chi connectivity index (χ0n) is 44.5. The van der Waals surface area contributed by atoms with Crippen molar-refractivity contribution < 1.29 is 22.3 Å². The van der Waals surface area contributed by atoms with Crippen LogP contribution in [0.2, 0.25) is 0 Å². The summed E-state index contributed by atoms with van der Waals surface area (Å²) in [7, 11) is 0. The summed E-state index contributed by atoms with van der Waals surface area (Å²) in [5.74, 6) is 1.39. The highest BCUT2D eigenvalue weighted by Crippen LogP contribution is 2.63. The summed E-state index contributed by atoms with van der Waals surface area (Å²) in [6.07, 6.45) is 1.75. The third kappa shape index (κ3) is 7.08. The third-order valence-corrected chi connectivity index (χ3v) is 17.9. The van der Waals surface area contributed by atoms with Crippen molar-refractivity contribution in [2.45, 2.75) is 75.3 Å². The molecule has 1 spiro atoms. The van der Waals surface area contributed by atoms with Crippen LogP contribution in [0.25, 0.3) is 33.1 Å². The van der Waals surface area contributed by atoms with E-state index in [1.165, 1.54) is 28.3 Å². The minimum atomic E-state index is -4.62. The van der Waals surface area contributed by atoms with Crippen LogP contribution in [0.4, 0.5) is 24.5 Å². The van der Waals surface area contributed by atoms with E-state index in [0.29, 0.717) is 40.3 Å². The molecule has 0 saturated carbocycles. The smallest absolute Gasteiger partial charge is 0.420 e. The highest BCUT2D eigenvalue weighted by Gasteiger charge is 2.54. The molecule has 2 atom stereocenters. The van der Waals surface area contributed by atoms with Crippen LogP contribution in [-0.4, -0.2) is 0 Å². The van der Waals surface area contributed by atoms with Gasteiger partial charge in [0.1, 0.15) is 22.7 Å². The van der Waals surface area contributed by atoms with Crippen LogP contribution in [0.3, 0.4) is 0 Å². The van der Waals surface area contributed by atoms with Gasteiger partial charge < -0.3 is 14.1 Å². The molecule has 9 aromatic carbocycles. The molecule has 1 aliphatic heterocycles. The molecule has 0 amide bonds.